The first-order chi connectivity index (χ1) is 46.2. The fourth-order valence-electron chi connectivity index (χ4n) is 14.9. The Kier molecular flexibility index (Phi) is 18.4. The van der Waals surface area contributed by atoms with Crippen molar-refractivity contribution in [2.75, 3.05) is 32.8 Å². The molecule has 3 fully saturated rings. The zero-order chi connectivity index (χ0) is 65.7. The van der Waals surface area contributed by atoms with Crippen molar-refractivity contribution in [3.8, 4) is 28.7 Å². The molecule has 26 nitrogen and oxygen atoms in total. The summed E-state index contributed by atoms with van der Waals surface area (Å²) in [4.78, 5) is 89.0. The normalized spacial score (nSPS) is 19.3. The highest BCUT2D eigenvalue weighted by atomic mass is 16.5. The number of hydrogen-bond donors (Lipinski definition) is 6. The van der Waals surface area contributed by atoms with Crippen LogP contribution in [0.15, 0.2) is 119 Å². The number of carbonyl (C=O) groups excluding carboxylic acids is 3. The lowest BCUT2D eigenvalue weighted by Crippen LogP contribution is -2.38. The maximum atomic E-state index is 12.6. The van der Waals surface area contributed by atoms with Crippen molar-refractivity contribution in [3.05, 3.63) is 158 Å². The quantitative estimate of drug-likeness (QED) is 0.0795. The van der Waals surface area contributed by atoms with E-state index >= 15 is 0 Å². The lowest BCUT2D eigenvalue weighted by molar-refractivity contribution is 0.0934. The average molecular weight is 1290 g/mol. The predicted octanol–water partition coefficient (Wildman–Crippen LogP) is 7.62. The van der Waals surface area contributed by atoms with Gasteiger partial charge in [-0.25, -0.2) is 15.0 Å². The van der Waals surface area contributed by atoms with E-state index in [4.69, 9.17) is 14.5 Å². The molecule has 9 aromatic heterocycles. The molecule has 0 unspecified atom stereocenters. The summed E-state index contributed by atoms with van der Waals surface area (Å²) in [6, 6.07) is 12.1. The topological polar surface area (TPSA) is 325 Å². The number of hydrogen-bond acceptors (Lipinski definition) is 17. The Balaban J connectivity index is 0.000000129. The average Bonchev–Trinajstić information content (AvgIpc) is 1.64. The molecule has 26 heteroatoms. The minimum Gasteiger partial charge on any atom is -0.503 e. The molecule has 0 atom stereocenters. The van der Waals surface area contributed by atoms with E-state index in [0.717, 1.165) is 161 Å². The van der Waals surface area contributed by atoms with Crippen LogP contribution in [-0.4, -0.2) is 124 Å². The van der Waals surface area contributed by atoms with E-state index in [1.165, 1.54) is 38.9 Å². The van der Waals surface area contributed by atoms with Crippen molar-refractivity contribution < 1.29 is 39.2 Å². The maximum Gasteiger partial charge on any atom is 0.275 e. The van der Waals surface area contributed by atoms with Crippen molar-refractivity contribution in [2.24, 2.45) is 0 Å². The monoisotopic (exact) mass is 1290 g/mol. The Hall–Kier alpha value is -10.1. The summed E-state index contributed by atoms with van der Waals surface area (Å²) in [7, 11) is 0. The van der Waals surface area contributed by atoms with Crippen LogP contribution in [0.1, 0.15) is 159 Å². The molecule has 0 radical (unpaired) electrons. The molecular formula is C69H79N15O11. The van der Waals surface area contributed by atoms with Gasteiger partial charge in [-0.1, -0.05) is 57.1 Å². The molecule has 12 heterocycles. The maximum absolute atomic E-state index is 12.6. The summed E-state index contributed by atoms with van der Waals surface area (Å²) in [5.41, 5.74) is -0.0777. The zero-order valence-electron chi connectivity index (χ0n) is 53.1. The van der Waals surface area contributed by atoms with Gasteiger partial charge in [-0.05, 0) is 125 Å². The molecule has 3 saturated carbocycles. The van der Waals surface area contributed by atoms with Gasteiger partial charge in [0.05, 0.1) is 72.2 Å². The van der Waals surface area contributed by atoms with Gasteiger partial charge in [0.2, 0.25) is 0 Å². The Morgan fingerprint density at radius 3 is 1.28 bits per heavy atom. The first-order valence-corrected chi connectivity index (χ1v) is 33.3. The molecule has 9 aromatic rings. The summed E-state index contributed by atoms with van der Waals surface area (Å²) >= 11 is 0. The van der Waals surface area contributed by atoms with E-state index in [-0.39, 0.29) is 33.7 Å². The van der Waals surface area contributed by atoms with Crippen molar-refractivity contribution in [1.82, 2.24) is 73.9 Å². The minimum atomic E-state index is -0.765. The number of ether oxygens (including phenoxy) is 2. The van der Waals surface area contributed by atoms with Crippen LogP contribution in [-0.2, 0) is 42.7 Å². The van der Waals surface area contributed by atoms with Gasteiger partial charge in [-0.15, -0.1) is 0 Å². The van der Waals surface area contributed by atoms with Crippen molar-refractivity contribution in [3.63, 3.8) is 0 Å². The molecular weight excluding hydrogens is 1210 g/mol. The van der Waals surface area contributed by atoms with Gasteiger partial charge in [0, 0.05) is 62.2 Å². The third kappa shape index (κ3) is 13.0. The molecule has 95 heavy (non-hydrogen) atoms. The highest BCUT2D eigenvalue weighted by Crippen LogP contribution is 2.44. The van der Waals surface area contributed by atoms with Crippen LogP contribution in [0.4, 0.5) is 0 Å². The van der Waals surface area contributed by atoms with E-state index in [0.29, 0.717) is 58.9 Å². The molecule has 0 aromatic carbocycles. The van der Waals surface area contributed by atoms with Crippen LogP contribution in [0, 0.1) is 0 Å². The third-order valence-electron chi connectivity index (χ3n) is 19.6. The summed E-state index contributed by atoms with van der Waals surface area (Å²) in [5.74, 6) is -1.50. The first-order valence-electron chi connectivity index (χ1n) is 33.3. The summed E-state index contributed by atoms with van der Waals surface area (Å²) in [6.45, 7) is 3.51. The third-order valence-corrected chi connectivity index (χ3v) is 19.6. The SMILES string of the molecule is O=C1NCC/C=C/COc2ccnc3c2ccn3C2(CCCC2)Cn2cc(O)c(=O)c1n2.O=C1NCCCCCOc2ccnc3c2ccn3C2(CCCC2)Cn2cc(O)c(=O)c1n2.O=C1NCCCCCc2ccnc3c2ccn3C2(CCCC2)Cn2cc(O)c(=O)c1n2. The number of rotatable bonds is 0. The number of pyridine rings is 3. The Morgan fingerprint density at radius 2 is 0.821 bits per heavy atom. The zero-order valence-corrected chi connectivity index (χ0v) is 53.1. The molecule has 496 valence electrons. The first kappa shape index (κ1) is 63.6. The molecule has 3 aliphatic heterocycles. The van der Waals surface area contributed by atoms with E-state index in [9.17, 15) is 44.1 Å². The van der Waals surface area contributed by atoms with Gasteiger partial charge in [-0.2, -0.15) is 15.3 Å². The second-order valence-electron chi connectivity index (χ2n) is 25.9. The number of aromatic hydroxyl groups is 3. The predicted molar refractivity (Wildman–Crippen MR) is 352 cm³/mol. The van der Waals surface area contributed by atoms with Gasteiger partial charge in [0.15, 0.2) is 34.3 Å². The van der Waals surface area contributed by atoms with Crippen LogP contribution in [0.25, 0.3) is 33.1 Å². The molecule has 0 saturated heterocycles. The largest absolute Gasteiger partial charge is 0.503 e. The van der Waals surface area contributed by atoms with E-state index in [1.54, 1.807) is 17.1 Å². The van der Waals surface area contributed by atoms with E-state index < -0.39 is 51.3 Å². The smallest absolute Gasteiger partial charge is 0.275 e. The number of nitrogens with one attached hydrogen (secondary N) is 3. The number of carbonyl (C=O) groups is 3. The lowest BCUT2D eigenvalue weighted by Gasteiger charge is -2.32. The van der Waals surface area contributed by atoms with Crippen LogP contribution in [0.3, 0.4) is 0 Å². The van der Waals surface area contributed by atoms with Crippen molar-refractivity contribution in [1.29, 1.82) is 0 Å². The number of nitrogens with zero attached hydrogens (tertiary/aromatic N) is 12. The second kappa shape index (κ2) is 27.4. The number of amides is 3. The van der Waals surface area contributed by atoms with Gasteiger partial charge < -0.3 is 54.4 Å². The van der Waals surface area contributed by atoms with Crippen molar-refractivity contribution in [2.45, 2.75) is 165 Å². The summed E-state index contributed by atoms with van der Waals surface area (Å²) < 4.78 is 23.2. The van der Waals surface area contributed by atoms with E-state index in [1.807, 2.05) is 55.0 Å². The van der Waals surface area contributed by atoms with Gasteiger partial charge >= 0.3 is 0 Å². The van der Waals surface area contributed by atoms with Gasteiger partial charge in [-0.3, -0.25) is 42.8 Å². The highest BCUT2D eigenvalue weighted by molar-refractivity contribution is 5.93. The van der Waals surface area contributed by atoms with Crippen LogP contribution in [0.5, 0.6) is 28.7 Å². The van der Waals surface area contributed by atoms with Crippen LogP contribution >= 0.6 is 0 Å². The molecule has 6 aliphatic rings. The summed E-state index contributed by atoms with van der Waals surface area (Å²) in [5, 5.41) is 55.0. The highest BCUT2D eigenvalue weighted by Gasteiger charge is 2.41. The van der Waals surface area contributed by atoms with E-state index in [2.05, 4.69) is 73.2 Å². The van der Waals surface area contributed by atoms with Gasteiger partial charge in [0.1, 0.15) is 35.0 Å². The molecule has 3 amide bonds. The summed E-state index contributed by atoms with van der Waals surface area (Å²) in [6.07, 6.45) is 38.0. The fraction of sp³-hybridized carbons (Fsp3) is 0.449. The van der Waals surface area contributed by atoms with Crippen LogP contribution < -0.4 is 41.7 Å². The van der Waals surface area contributed by atoms with Crippen molar-refractivity contribution >= 4 is 50.8 Å². The molecule has 15 rings (SSSR count). The lowest BCUT2D eigenvalue weighted by atomic mass is 9.97. The van der Waals surface area contributed by atoms with Crippen LogP contribution in [0.2, 0.25) is 0 Å². The number of aromatic nitrogens is 12. The molecule has 3 aliphatic carbocycles. The standard InChI is InChI=1S/C23H27N5O4.C23H25N5O4.C23H27N5O3/c2*29-17-14-27-15-23(8-2-3-9-23)28-12-7-16-18(6-11-24-21(16)28)32-13-5-1-4-10-25-22(31)19(26-27)20(17)30;29-18-14-27-15-23(9-3-4-10-23)28-13-8-17-16(7-12-24-21(17)28)6-2-1-5-11-25-22(31)19(26-27)20(18)30/h6-7,11-12,14,29H,1-5,8-10,13,15H2,(H,25,31);1,5-7,11-12,14,29H,2-4,8-10,13,15H2,(H,25,31);7-8,12-14,29H,1-6,9-11,15H2,(H,25,31)/b;5-1+;. The minimum absolute atomic E-state index is 0.252. The molecule has 6 N–H and O–H groups in total. The molecule has 18 bridgehead atoms. The Bertz CT molecular complexity index is 4560. The fourth-order valence-corrected chi connectivity index (χ4v) is 14.9. The second-order valence-corrected chi connectivity index (χ2v) is 25.9. The number of fused-ring (bicyclic) bond motifs is 9. The Morgan fingerprint density at radius 1 is 0.421 bits per heavy atom. The molecule has 3 spiro atoms. The Labute approximate surface area is 545 Å². The number of aryl methyl sites for hydroxylation is 1. The van der Waals surface area contributed by atoms with Gasteiger partial charge in [0.25, 0.3) is 34.0 Å².